The molecule has 0 unspecified atom stereocenters. The summed E-state index contributed by atoms with van der Waals surface area (Å²) in [6, 6.07) is 0. The normalized spacial score (nSPS) is 21.2. The van der Waals surface area contributed by atoms with Crippen LogP contribution in [0.3, 0.4) is 0 Å². The Morgan fingerprint density at radius 2 is 2.08 bits per heavy atom. The topological polar surface area (TPSA) is 39.9 Å². The van der Waals surface area contributed by atoms with Gasteiger partial charge in [0.1, 0.15) is 0 Å². The molecule has 0 N–H and O–H groups in total. The highest BCUT2D eigenvalue weighted by molar-refractivity contribution is 4.98. The zero-order valence-corrected chi connectivity index (χ0v) is 6.45. The van der Waals surface area contributed by atoms with Crippen LogP contribution in [0.15, 0.2) is 12.4 Å². The fourth-order valence-corrected chi connectivity index (χ4v) is 1.16. The third kappa shape index (κ3) is 1.03. The van der Waals surface area contributed by atoms with Crippen LogP contribution in [-0.2, 0) is 10.3 Å². The number of alkyl halides is 3. The van der Waals surface area contributed by atoms with Crippen LogP contribution in [0.5, 0.6) is 0 Å². The van der Waals surface area contributed by atoms with E-state index in [0.29, 0.717) is 0 Å². The molecule has 0 aliphatic carbocycles. The summed E-state index contributed by atoms with van der Waals surface area (Å²) >= 11 is 0. The lowest BCUT2D eigenvalue weighted by atomic mass is 9.97. The second-order valence-corrected chi connectivity index (χ2v) is 2.87. The van der Waals surface area contributed by atoms with Gasteiger partial charge in [0.15, 0.2) is 0 Å². The first-order chi connectivity index (χ1) is 6.06. The number of ether oxygens (including phenoxy) is 1. The van der Waals surface area contributed by atoms with E-state index < -0.39 is 11.7 Å². The third-order valence-corrected chi connectivity index (χ3v) is 2.07. The van der Waals surface area contributed by atoms with Gasteiger partial charge in [-0.15, -0.1) is 5.10 Å². The highest BCUT2D eigenvalue weighted by Crippen LogP contribution is 2.41. The molecule has 1 aromatic rings. The summed E-state index contributed by atoms with van der Waals surface area (Å²) in [7, 11) is 0. The summed E-state index contributed by atoms with van der Waals surface area (Å²) in [4.78, 5) is 0. The van der Waals surface area contributed by atoms with Crippen molar-refractivity contribution in [2.24, 2.45) is 0 Å². The molecule has 2 heterocycles. The van der Waals surface area contributed by atoms with E-state index in [1.165, 1.54) is 12.4 Å². The maximum Gasteiger partial charge on any atom is 0.418 e. The van der Waals surface area contributed by atoms with Crippen LogP contribution in [0, 0.1) is 0 Å². The van der Waals surface area contributed by atoms with Crippen molar-refractivity contribution in [2.75, 3.05) is 13.2 Å². The van der Waals surface area contributed by atoms with Crippen molar-refractivity contribution >= 4 is 0 Å². The third-order valence-electron chi connectivity index (χ3n) is 2.07. The number of hydrogen-bond acceptors (Lipinski definition) is 3. The van der Waals surface area contributed by atoms with Gasteiger partial charge in [0.05, 0.1) is 19.4 Å². The summed E-state index contributed by atoms with van der Waals surface area (Å²) in [5.74, 6) is 0. The molecule has 1 aliphatic rings. The van der Waals surface area contributed by atoms with Crippen molar-refractivity contribution in [3.05, 3.63) is 12.4 Å². The van der Waals surface area contributed by atoms with E-state index >= 15 is 0 Å². The quantitative estimate of drug-likeness (QED) is 0.654. The second kappa shape index (κ2) is 2.44. The van der Waals surface area contributed by atoms with Gasteiger partial charge in [0.25, 0.3) is 0 Å². The lowest BCUT2D eigenvalue weighted by Gasteiger charge is -2.41. The Hall–Kier alpha value is -1.11. The molecule has 7 heteroatoms. The number of rotatable bonds is 1. The van der Waals surface area contributed by atoms with Crippen molar-refractivity contribution in [1.82, 2.24) is 15.0 Å². The average Bonchev–Trinajstić information content (AvgIpc) is 2.32. The maximum absolute atomic E-state index is 12.6. The smallest absolute Gasteiger partial charge is 0.375 e. The summed E-state index contributed by atoms with van der Waals surface area (Å²) < 4.78 is 43.0. The standard InChI is InChI=1S/C6H6F3N3O/c7-6(8,9)5(3-13-4-5)12-2-1-10-11-12/h1-2H,3-4H2. The van der Waals surface area contributed by atoms with E-state index in [0.717, 1.165) is 4.68 Å². The number of nitrogens with zero attached hydrogens (tertiary/aromatic N) is 3. The highest BCUT2D eigenvalue weighted by Gasteiger charge is 2.62. The molecule has 0 amide bonds. The number of halogens is 3. The molecule has 0 atom stereocenters. The zero-order valence-electron chi connectivity index (χ0n) is 6.45. The molecular formula is C6H6F3N3O. The Balaban J connectivity index is 2.37. The van der Waals surface area contributed by atoms with Gasteiger partial charge in [-0.1, -0.05) is 5.21 Å². The van der Waals surface area contributed by atoms with Crippen molar-refractivity contribution < 1.29 is 17.9 Å². The molecule has 4 nitrogen and oxygen atoms in total. The van der Waals surface area contributed by atoms with Gasteiger partial charge in [-0.2, -0.15) is 13.2 Å². The minimum absolute atomic E-state index is 0.389. The van der Waals surface area contributed by atoms with Gasteiger partial charge in [-0.3, -0.25) is 0 Å². The van der Waals surface area contributed by atoms with Crippen molar-refractivity contribution in [3.8, 4) is 0 Å². The average molecular weight is 193 g/mol. The van der Waals surface area contributed by atoms with Crippen molar-refractivity contribution in [2.45, 2.75) is 11.7 Å². The largest absolute Gasteiger partial charge is 0.418 e. The van der Waals surface area contributed by atoms with Gasteiger partial charge in [0.2, 0.25) is 5.54 Å². The second-order valence-electron chi connectivity index (χ2n) is 2.87. The Kier molecular flexibility index (Phi) is 1.59. The molecule has 0 bridgehead atoms. The zero-order chi connectivity index (χ0) is 9.53. The highest BCUT2D eigenvalue weighted by atomic mass is 19.4. The first kappa shape index (κ1) is 8.49. The summed E-state index contributed by atoms with van der Waals surface area (Å²) in [5, 5.41) is 6.68. The molecule has 1 saturated heterocycles. The molecule has 1 fully saturated rings. The van der Waals surface area contributed by atoms with Crippen LogP contribution in [0.2, 0.25) is 0 Å². The Morgan fingerprint density at radius 1 is 1.38 bits per heavy atom. The summed E-state index contributed by atoms with van der Waals surface area (Å²) in [5.41, 5.74) is -2.00. The lowest BCUT2D eigenvalue weighted by Crippen LogP contribution is -2.61. The summed E-state index contributed by atoms with van der Waals surface area (Å²) in [6.07, 6.45) is -1.94. The fraction of sp³-hybridized carbons (Fsp3) is 0.667. The molecular weight excluding hydrogens is 187 g/mol. The van der Waals surface area contributed by atoms with E-state index in [1.54, 1.807) is 0 Å². The van der Waals surface area contributed by atoms with Gasteiger partial charge in [0, 0.05) is 6.20 Å². The number of hydrogen-bond donors (Lipinski definition) is 0. The predicted molar refractivity (Wildman–Crippen MR) is 34.9 cm³/mol. The van der Waals surface area contributed by atoms with E-state index in [-0.39, 0.29) is 13.2 Å². The van der Waals surface area contributed by atoms with Crippen molar-refractivity contribution in [1.29, 1.82) is 0 Å². The van der Waals surface area contributed by atoms with Gasteiger partial charge in [-0.05, 0) is 0 Å². The molecule has 0 radical (unpaired) electrons. The first-order valence-electron chi connectivity index (χ1n) is 3.57. The van der Waals surface area contributed by atoms with Crippen LogP contribution >= 0.6 is 0 Å². The Labute approximate surface area is 71.3 Å². The van der Waals surface area contributed by atoms with Crippen LogP contribution in [-0.4, -0.2) is 34.4 Å². The molecule has 2 rings (SSSR count). The minimum Gasteiger partial charge on any atom is -0.375 e. The van der Waals surface area contributed by atoms with Gasteiger partial charge >= 0.3 is 6.18 Å². The monoisotopic (exact) mass is 193 g/mol. The van der Waals surface area contributed by atoms with Gasteiger partial charge < -0.3 is 4.74 Å². The molecule has 0 spiro atoms. The molecule has 0 saturated carbocycles. The van der Waals surface area contributed by atoms with Crippen LogP contribution in [0.1, 0.15) is 0 Å². The summed E-state index contributed by atoms with van der Waals surface area (Å²) in [6.45, 7) is -0.778. The van der Waals surface area contributed by atoms with E-state index in [4.69, 9.17) is 0 Å². The molecule has 1 aromatic heterocycles. The van der Waals surface area contributed by atoms with Gasteiger partial charge in [-0.25, -0.2) is 4.68 Å². The first-order valence-corrected chi connectivity index (χ1v) is 3.57. The molecule has 72 valence electrons. The minimum atomic E-state index is -4.35. The van der Waals surface area contributed by atoms with Crippen LogP contribution in [0.4, 0.5) is 13.2 Å². The molecule has 1 aliphatic heterocycles. The molecule has 13 heavy (non-hydrogen) atoms. The maximum atomic E-state index is 12.6. The fourth-order valence-electron chi connectivity index (χ4n) is 1.16. The molecule has 0 aromatic carbocycles. The predicted octanol–water partition coefficient (Wildman–Crippen LogP) is 0.566. The van der Waals surface area contributed by atoms with E-state index in [1.807, 2.05) is 0 Å². The SMILES string of the molecule is FC(F)(F)C1(n2ccnn2)COC1. The van der Waals surface area contributed by atoms with Crippen LogP contribution < -0.4 is 0 Å². The van der Waals surface area contributed by atoms with E-state index in [2.05, 4.69) is 15.0 Å². The van der Waals surface area contributed by atoms with E-state index in [9.17, 15) is 13.2 Å². The Morgan fingerprint density at radius 3 is 2.38 bits per heavy atom. The van der Waals surface area contributed by atoms with Crippen molar-refractivity contribution in [3.63, 3.8) is 0 Å². The number of aromatic nitrogens is 3. The van der Waals surface area contributed by atoms with Crippen LogP contribution in [0.25, 0.3) is 0 Å². The Bertz CT molecular complexity index is 291. The lowest BCUT2D eigenvalue weighted by molar-refractivity contribution is -0.294.